The molecule has 1 saturated heterocycles. The van der Waals surface area contributed by atoms with Gasteiger partial charge in [0.15, 0.2) is 0 Å². The molecular formula is C19H23N3O. The second kappa shape index (κ2) is 7.88. The molecule has 0 bridgehead atoms. The summed E-state index contributed by atoms with van der Waals surface area (Å²) in [5, 5.41) is 0. The van der Waals surface area contributed by atoms with E-state index in [1.165, 1.54) is 5.56 Å². The summed E-state index contributed by atoms with van der Waals surface area (Å²) in [6.45, 7) is 5.07. The van der Waals surface area contributed by atoms with Crippen molar-refractivity contribution in [2.24, 2.45) is 0 Å². The average Bonchev–Trinajstić information content (AvgIpc) is 2.59. The van der Waals surface area contributed by atoms with Crippen molar-refractivity contribution in [3.63, 3.8) is 0 Å². The number of likely N-dealkylation sites (tertiary alicyclic amines) is 1. The summed E-state index contributed by atoms with van der Waals surface area (Å²) in [4.78, 5) is 10.9. The molecule has 0 radical (unpaired) electrons. The lowest BCUT2D eigenvalue weighted by molar-refractivity contribution is 0.0985. The third-order valence-corrected chi connectivity index (χ3v) is 4.04. The van der Waals surface area contributed by atoms with E-state index in [0.29, 0.717) is 6.01 Å². The van der Waals surface area contributed by atoms with Crippen LogP contribution in [0, 0.1) is 6.92 Å². The lowest BCUT2D eigenvalue weighted by atomic mass is 10.1. The molecule has 1 aromatic heterocycles. The molecular weight excluding hydrogens is 286 g/mol. The molecule has 1 aliphatic rings. The summed E-state index contributed by atoms with van der Waals surface area (Å²) < 4.78 is 5.87. The number of piperidine rings is 1. The van der Waals surface area contributed by atoms with Crippen LogP contribution < -0.4 is 4.74 Å². The molecule has 0 spiro atoms. The normalized spacial score (nSPS) is 16.7. The van der Waals surface area contributed by atoms with Crippen LogP contribution in [0.15, 0.2) is 48.8 Å². The highest BCUT2D eigenvalue weighted by Crippen LogP contribution is 2.16. The van der Waals surface area contributed by atoms with Crippen LogP contribution in [0.4, 0.5) is 0 Å². The zero-order chi connectivity index (χ0) is 15.9. The molecule has 1 aliphatic heterocycles. The summed E-state index contributed by atoms with van der Waals surface area (Å²) in [5.41, 5.74) is 2.31. The van der Waals surface area contributed by atoms with Crippen molar-refractivity contribution >= 4 is 6.08 Å². The van der Waals surface area contributed by atoms with E-state index in [0.717, 1.165) is 38.0 Å². The van der Waals surface area contributed by atoms with Gasteiger partial charge in [-0.2, -0.15) is 0 Å². The van der Waals surface area contributed by atoms with E-state index in [1.54, 1.807) is 12.4 Å². The first-order valence-corrected chi connectivity index (χ1v) is 8.19. The maximum atomic E-state index is 5.87. The zero-order valence-electron chi connectivity index (χ0n) is 13.6. The van der Waals surface area contributed by atoms with E-state index in [9.17, 15) is 0 Å². The quantitative estimate of drug-likeness (QED) is 0.849. The van der Waals surface area contributed by atoms with Crippen LogP contribution in [0.25, 0.3) is 6.08 Å². The van der Waals surface area contributed by atoms with Gasteiger partial charge in [-0.05, 0) is 30.9 Å². The number of ether oxygens (including phenoxy) is 1. The number of hydrogen-bond acceptors (Lipinski definition) is 4. The molecule has 2 aromatic rings. The summed E-state index contributed by atoms with van der Waals surface area (Å²) in [7, 11) is 0. The van der Waals surface area contributed by atoms with E-state index < -0.39 is 0 Å². The van der Waals surface area contributed by atoms with E-state index >= 15 is 0 Å². The highest BCUT2D eigenvalue weighted by molar-refractivity contribution is 5.48. The first kappa shape index (κ1) is 15.7. The van der Waals surface area contributed by atoms with Crippen molar-refractivity contribution in [3.8, 4) is 6.01 Å². The smallest absolute Gasteiger partial charge is 0.316 e. The molecule has 3 rings (SSSR count). The predicted octanol–water partition coefficient (Wildman–Crippen LogP) is 3.34. The molecule has 0 saturated carbocycles. The third kappa shape index (κ3) is 4.89. The number of rotatable bonds is 5. The minimum Gasteiger partial charge on any atom is -0.460 e. The highest BCUT2D eigenvalue weighted by Gasteiger charge is 2.20. The summed E-state index contributed by atoms with van der Waals surface area (Å²) >= 11 is 0. The summed E-state index contributed by atoms with van der Waals surface area (Å²) in [6, 6.07) is 10.9. The van der Waals surface area contributed by atoms with Crippen LogP contribution >= 0.6 is 0 Å². The minimum atomic E-state index is 0.229. The Bertz CT molecular complexity index is 617. The predicted molar refractivity (Wildman–Crippen MR) is 92.3 cm³/mol. The fourth-order valence-electron chi connectivity index (χ4n) is 2.70. The Hall–Kier alpha value is -2.20. The maximum absolute atomic E-state index is 5.87. The van der Waals surface area contributed by atoms with Crippen molar-refractivity contribution < 1.29 is 4.74 Å². The van der Waals surface area contributed by atoms with E-state index in [4.69, 9.17) is 4.74 Å². The zero-order valence-corrected chi connectivity index (χ0v) is 13.6. The third-order valence-electron chi connectivity index (χ3n) is 4.04. The van der Waals surface area contributed by atoms with E-state index in [1.807, 2.05) is 13.0 Å². The van der Waals surface area contributed by atoms with Crippen LogP contribution in [-0.2, 0) is 0 Å². The van der Waals surface area contributed by atoms with E-state index in [2.05, 4.69) is 51.3 Å². The Morgan fingerprint density at radius 2 is 1.83 bits per heavy atom. The van der Waals surface area contributed by atoms with Gasteiger partial charge in [0.25, 0.3) is 0 Å². The van der Waals surface area contributed by atoms with Crippen LogP contribution in [0.1, 0.15) is 24.0 Å². The second-order valence-corrected chi connectivity index (χ2v) is 5.97. The molecule has 0 unspecified atom stereocenters. The van der Waals surface area contributed by atoms with Gasteiger partial charge >= 0.3 is 6.01 Å². The van der Waals surface area contributed by atoms with Gasteiger partial charge in [0, 0.05) is 32.0 Å². The van der Waals surface area contributed by atoms with Gasteiger partial charge in [0.05, 0.1) is 0 Å². The van der Waals surface area contributed by atoms with E-state index in [-0.39, 0.29) is 6.10 Å². The second-order valence-electron chi connectivity index (χ2n) is 5.97. The van der Waals surface area contributed by atoms with Gasteiger partial charge in [-0.3, -0.25) is 4.90 Å². The topological polar surface area (TPSA) is 38.2 Å². The molecule has 4 nitrogen and oxygen atoms in total. The molecule has 4 heteroatoms. The molecule has 1 aromatic carbocycles. The van der Waals surface area contributed by atoms with Gasteiger partial charge in [-0.25, -0.2) is 9.97 Å². The fraction of sp³-hybridized carbons (Fsp3) is 0.368. The SMILES string of the molecule is Cc1cnc(OC2CCN(CC=Cc3ccccc3)CC2)nc1. The van der Waals surface area contributed by atoms with Gasteiger partial charge in [0.2, 0.25) is 0 Å². The monoisotopic (exact) mass is 309 g/mol. The molecule has 1 fully saturated rings. The minimum absolute atomic E-state index is 0.229. The van der Waals surface area contributed by atoms with Gasteiger partial charge in [-0.1, -0.05) is 42.5 Å². The average molecular weight is 309 g/mol. The first-order valence-electron chi connectivity index (χ1n) is 8.19. The van der Waals surface area contributed by atoms with Gasteiger partial charge in [-0.15, -0.1) is 0 Å². The molecule has 2 heterocycles. The number of benzene rings is 1. The van der Waals surface area contributed by atoms with Crippen LogP contribution in [0.2, 0.25) is 0 Å². The van der Waals surface area contributed by atoms with Gasteiger partial charge < -0.3 is 4.74 Å². The Morgan fingerprint density at radius 3 is 2.52 bits per heavy atom. The summed E-state index contributed by atoms with van der Waals surface area (Å²) in [6.07, 6.45) is 10.3. The molecule has 0 amide bonds. The Balaban J connectivity index is 1.41. The number of nitrogens with zero attached hydrogens (tertiary/aromatic N) is 3. The number of aryl methyl sites for hydroxylation is 1. The van der Waals surface area contributed by atoms with Crippen molar-refractivity contribution in [1.29, 1.82) is 0 Å². The lowest BCUT2D eigenvalue weighted by Crippen LogP contribution is -2.38. The Morgan fingerprint density at radius 1 is 1.13 bits per heavy atom. The fourth-order valence-corrected chi connectivity index (χ4v) is 2.70. The van der Waals surface area contributed by atoms with Gasteiger partial charge in [0.1, 0.15) is 6.10 Å². The maximum Gasteiger partial charge on any atom is 0.316 e. The Kier molecular flexibility index (Phi) is 5.37. The van der Waals surface area contributed by atoms with Crippen molar-refractivity contribution in [3.05, 3.63) is 59.9 Å². The first-order chi connectivity index (χ1) is 11.3. The van der Waals surface area contributed by atoms with Crippen LogP contribution in [0.3, 0.4) is 0 Å². The van der Waals surface area contributed by atoms with Crippen molar-refractivity contribution in [1.82, 2.24) is 14.9 Å². The number of aromatic nitrogens is 2. The molecule has 23 heavy (non-hydrogen) atoms. The molecule has 0 atom stereocenters. The van der Waals surface area contributed by atoms with Crippen LogP contribution in [0.5, 0.6) is 6.01 Å². The highest BCUT2D eigenvalue weighted by atomic mass is 16.5. The van der Waals surface area contributed by atoms with Crippen LogP contribution in [-0.4, -0.2) is 40.6 Å². The summed E-state index contributed by atoms with van der Waals surface area (Å²) in [5.74, 6) is 0. The number of hydrogen-bond donors (Lipinski definition) is 0. The molecule has 0 aliphatic carbocycles. The van der Waals surface area contributed by atoms with Crippen molar-refractivity contribution in [2.75, 3.05) is 19.6 Å². The standard InChI is InChI=1S/C19H23N3O/c1-16-14-20-19(21-15-16)23-18-9-12-22(13-10-18)11-5-8-17-6-3-2-4-7-17/h2-8,14-15,18H,9-13H2,1H3. The lowest BCUT2D eigenvalue weighted by Gasteiger charge is -2.30. The largest absolute Gasteiger partial charge is 0.460 e. The molecule has 0 N–H and O–H groups in total. The Labute approximate surface area is 137 Å². The molecule has 120 valence electrons. The van der Waals surface area contributed by atoms with Crippen molar-refractivity contribution in [2.45, 2.75) is 25.9 Å².